The van der Waals surface area contributed by atoms with E-state index >= 15 is 0 Å². The number of nitrogens with one attached hydrogen (secondary N) is 1. The van der Waals surface area contributed by atoms with E-state index in [0.717, 1.165) is 12.1 Å². The molecule has 0 aliphatic heterocycles. The standard InChI is InChI=1S/C16H22F3NOS/c1-6-11-15(5,20-22(21)14(2,3)4)12-7-9-13(10-8-12)16(17,18)19/h6-10,20H,1,11H2,2-5H3/t15-,22?/m0/s1. The molecule has 124 valence electrons. The normalized spacial score (nSPS) is 16.9. The Kier molecular flexibility index (Phi) is 5.62. The highest BCUT2D eigenvalue weighted by atomic mass is 32.2. The molecule has 1 aromatic carbocycles. The molecule has 0 aliphatic rings. The van der Waals surface area contributed by atoms with Gasteiger partial charge in [-0.3, -0.25) is 0 Å². The quantitative estimate of drug-likeness (QED) is 0.787. The number of benzene rings is 1. The minimum absolute atomic E-state index is 0.445. The fourth-order valence-electron chi connectivity index (χ4n) is 1.89. The van der Waals surface area contributed by atoms with Crippen LogP contribution in [-0.2, 0) is 22.7 Å². The van der Waals surface area contributed by atoms with Gasteiger partial charge in [-0.15, -0.1) is 6.58 Å². The summed E-state index contributed by atoms with van der Waals surface area (Å²) < 4.78 is 52.8. The SMILES string of the molecule is C=CC[C@](C)(NS(=O)C(C)(C)C)c1ccc(C(F)(F)F)cc1. The molecule has 0 aliphatic carbocycles. The summed E-state index contributed by atoms with van der Waals surface area (Å²) in [5, 5.41) is 0. The maximum Gasteiger partial charge on any atom is 0.416 e. The number of alkyl halides is 3. The van der Waals surface area contributed by atoms with Crippen LogP contribution in [0.15, 0.2) is 36.9 Å². The molecule has 0 saturated heterocycles. The van der Waals surface area contributed by atoms with Crippen LogP contribution in [-0.4, -0.2) is 8.96 Å². The lowest BCUT2D eigenvalue weighted by Crippen LogP contribution is -2.46. The van der Waals surface area contributed by atoms with Crippen LogP contribution in [0.5, 0.6) is 0 Å². The highest BCUT2D eigenvalue weighted by Crippen LogP contribution is 2.32. The average molecular weight is 333 g/mol. The second-order valence-electron chi connectivity index (χ2n) is 6.38. The minimum Gasteiger partial charge on any atom is -0.242 e. The van der Waals surface area contributed by atoms with E-state index in [2.05, 4.69) is 11.3 Å². The average Bonchev–Trinajstić information content (AvgIpc) is 2.37. The van der Waals surface area contributed by atoms with Gasteiger partial charge in [-0.05, 0) is 51.8 Å². The Morgan fingerprint density at radius 2 is 1.55 bits per heavy atom. The Labute approximate surface area is 132 Å². The molecule has 1 rings (SSSR count). The van der Waals surface area contributed by atoms with Crippen molar-refractivity contribution in [2.24, 2.45) is 0 Å². The zero-order valence-corrected chi connectivity index (χ0v) is 14.1. The summed E-state index contributed by atoms with van der Waals surface area (Å²) in [6, 6.07) is 4.91. The van der Waals surface area contributed by atoms with Crippen LogP contribution < -0.4 is 4.72 Å². The van der Waals surface area contributed by atoms with Gasteiger partial charge in [0.1, 0.15) is 0 Å². The van der Waals surface area contributed by atoms with Gasteiger partial charge < -0.3 is 0 Å². The van der Waals surface area contributed by atoms with Gasteiger partial charge in [0.25, 0.3) is 0 Å². The zero-order valence-electron chi connectivity index (χ0n) is 13.3. The van der Waals surface area contributed by atoms with Crippen molar-refractivity contribution in [1.82, 2.24) is 4.72 Å². The van der Waals surface area contributed by atoms with Crippen molar-refractivity contribution in [3.8, 4) is 0 Å². The van der Waals surface area contributed by atoms with Crippen molar-refractivity contribution in [2.75, 3.05) is 0 Å². The second kappa shape index (κ2) is 6.54. The molecular formula is C16H22F3NOS. The molecular weight excluding hydrogens is 311 g/mol. The Morgan fingerprint density at radius 3 is 1.91 bits per heavy atom. The molecule has 1 unspecified atom stereocenters. The van der Waals surface area contributed by atoms with Crippen LogP contribution >= 0.6 is 0 Å². The summed E-state index contributed by atoms with van der Waals surface area (Å²) >= 11 is 0. The van der Waals surface area contributed by atoms with Crippen LogP contribution in [0.25, 0.3) is 0 Å². The lowest BCUT2D eigenvalue weighted by molar-refractivity contribution is -0.137. The third kappa shape index (κ3) is 4.68. The number of halogens is 3. The number of hydrogen-bond acceptors (Lipinski definition) is 1. The van der Waals surface area contributed by atoms with Crippen molar-refractivity contribution in [3.63, 3.8) is 0 Å². The Balaban J connectivity index is 3.14. The van der Waals surface area contributed by atoms with Gasteiger partial charge in [0.15, 0.2) is 0 Å². The van der Waals surface area contributed by atoms with Gasteiger partial charge in [0.05, 0.1) is 26.8 Å². The molecule has 0 heterocycles. The van der Waals surface area contributed by atoms with Gasteiger partial charge >= 0.3 is 6.18 Å². The third-order valence-corrected chi connectivity index (χ3v) is 5.02. The molecule has 0 radical (unpaired) electrons. The van der Waals surface area contributed by atoms with Crippen molar-refractivity contribution >= 4 is 11.0 Å². The lowest BCUT2D eigenvalue weighted by Gasteiger charge is -2.33. The molecule has 0 spiro atoms. The molecule has 1 N–H and O–H groups in total. The molecule has 2 nitrogen and oxygen atoms in total. The summed E-state index contributed by atoms with van der Waals surface area (Å²) in [6.07, 6.45) is -2.26. The van der Waals surface area contributed by atoms with E-state index < -0.39 is 33.0 Å². The maximum atomic E-state index is 12.7. The monoisotopic (exact) mass is 333 g/mol. The molecule has 0 fully saturated rings. The smallest absolute Gasteiger partial charge is 0.242 e. The van der Waals surface area contributed by atoms with E-state index in [9.17, 15) is 17.4 Å². The molecule has 0 aromatic heterocycles. The Bertz CT molecular complexity index is 546. The van der Waals surface area contributed by atoms with Gasteiger partial charge in [-0.2, -0.15) is 13.2 Å². The first kappa shape index (κ1) is 18.9. The van der Waals surface area contributed by atoms with Crippen LogP contribution in [0.2, 0.25) is 0 Å². The summed E-state index contributed by atoms with van der Waals surface area (Å²) in [7, 11) is -1.35. The minimum atomic E-state index is -4.37. The first-order chi connectivity index (χ1) is 9.90. The fraction of sp³-hybridized carbons (Fsp3) is 0.500. The summed E-state index contributed by atoms with van der Waals surface area (Å²) in [5.74, 6) is 0. The number of hydrogen-bond donors (Lipinski definition) is 1. The van der Waals surface area contributed by atoms with E-state index in [4.69, 9.17) is 0 Å². The predicted octanol–water partition coefficient (Wildman–Crippen LogP) is 4.55. The maximum absolute atomic E-state index is 12.7. The Morgan fingerprint density at radius 1 is 1.09 bits per heavy atom. The summed E-state index contributed by atoms with van der Waals surface area (Å²) in [5.41, 5.74) is -0.809. The van der Waals surface area contributed by atoms with Crippen molar-refractivity contribution in [1.29, 1.82) is 0 Å². The van der Waals surface area contributed by atoms with Gasteiger partial charge in [0.2, 0.25) is 0 Å². The first-order valence-electron chi connectivity index (χ1n) is 6.88. The lowest BCUT2D eigenvalue weighted by atomic mass is 9.89. The topological polar surface area (TPSA) is 29.1 Å². The van der Waals surface area contributed by atoms with Crippen molar-refractivity contribution in [2.45, 2.75) is 50.6 Å². The van der Waals surface area contributed by atoms with Crippen LogP contribution in [0, 0.1) is 0 Å². The molecule has 0 amide bonds. The molecule has 2 atom stereocenters. The van der Waals surface area contributed by atoms with Gasteiger partial charge in [-0.25, -0.2) is 8.93 Å². The van der Waals surface area contributed by atoms with Gasteiger partial charge in [-0.1, -0.05) is 18.2 Å². The highest BCUT2D eigenvalue weighted by Gasteiger charge is 2.34. The van der Waals surface area contributed by atoms with Crippen molar-refractivity contribution < 1.29 is 17.4 Å². The largest absolute Gasteiger partial charge is 0.416 e. The Hall–Kier alpha value is -1.14. The molecule has 22 heavy (non-hydrogen) atoms. The third-order valence-electron chi connectivity index (χ3n) is 3.28. The number of rotatable bonds is 5. The van der Waals surface area contributed by atoms with Crippen LogP contribution in [0.1, 0.15) is 45.2 Å². The van der Waals surface area contributed by atoms with Crippen molar-refractivity contribution in [3.05, 3.63) is 48.0 Å². The summed E-state index contributed by atoms with van der Waals surface area (Å²) in [4.78, 5) is 0. The molecule has 1 aromatic rings. The summed E-state index contributed by atoms with van der Waals surface area (Å²) in [6.45, 7) is 11.0. The second-order valence-corrected chi connectivity index (χ2v) is 8.35. The highest BCUT2D eigenvalue weighted by molar-refractivity contribution is 7.84. The molecule has 6 heteroatoms. The molecule has 0 saturated carbocycles. The van der Waals surface area contributed by atoms with E-state index in [-0.39, 0.29) is 0 Å². The van der Waals surface area contributed by atoms with E-state index in [1.807, 2.05) is 20.8 Å². The molecule has 0 bridgehead atoms. The fourth-order valence-corrected chi connectivity index (χ4v) is 2.81. The van der Waals surface area contributed by atoms with E-state index in [1.54, 1.807) is 13.0 Å². The first-order valence-corrected chi connectivity index (χ1v) is 8.03. The van der Waals surface area contributed by atoms with Crippen LogP contribution in [0.4, 0.5) is 13.2 Å². The predicted molar refractivity (Wildman–Crippen MR) is 84.6 cm³/mol. The van der Waals surface area contributed by atoms with E-state index in [0.29, 0.717) is 12.0 Å². The van der Waals surface area contributed by atoms with E-state index in [1.165, 1.54) is 12.1 Å². The van der Waals surface area contributed by atoms with Crippen LogP contribution in [0.3, 0.4) is 0 Å². The van der Waals surface area contributed by atoms with Gasteiger partial charge in [0, 0.05) is 0 Å². The zero-order chi connectivity index (χ0) is 17.2.